The highest BCUT2D eigenvalue weighted by atomic mass is 79.9. The van der Waals surface area contributed by atoms with Crippen LogP contribution >= 0.6 is 15.9 Å². The molecular weight excluding hydrogens is 264 g/mol. The Balaban J connectivity index is 2.65. The van der Waals surface area contributed by atoms with Gasteiger partial charge in [0, 0.05) is 10.7 Å². The van der Waals surface area contributed by atoms with E-state index in [4.69, 9.17) is 0 Å². The lowest BCUT2D eigenvalue weighted by Gasteiger charge is -2.17. The van der Waals surface area contributed by atoms with E-state index in [0.29, 0.717) is 0 Å². The fourth-order valence-electron chi connectivity index (χ4n) is 0.721. The molecule has 1 aromatic rings. The molecule has 0 aromatic carbocycles. The molecule has 1 rings (SSSR count). The molecule has 0 radical (unpaired) electrons. The molecule has 14 heavy (non-hydrogen) atoms. The monoisotopic (exact) mass is 276 g/mol. The third kappa shape index (κ3) is 3.48. The first kappa shape index (κ1) is 11.8. The van der Waals surface area contributed by atoms with Gasteiger partial charge in [-0.05, 0) is 42.8 Å². The molecule has 0 aliphatic carbocycles. The second-order valence-corrected chi connectivity index (χ2v) is 6.72. The molecule has 3 nitrogen and oxygen atoms in total. The Morgan fingerprint density at radius 3 is 2.64 bits per heavy atom. The highest BCUT2D eigenvalue weighted by Gasteiger charge is 2.25. The lowest BCUT2D eigenvalue weighted by molar-refractivity contribution is 0.562. The lowest BCUT2D eigenvalue weighted by Crippen LogP contribution is -2.25. The molecule has 0 aliphatic heterocycles. The maximum absolute atomic E-state index is 11.5. The molecule has 0 saturated heterocycles. The second-order valence-electron chi connectivity index (χ2n) is 3.87. The van der Waals surface area contributed by atoms with Crippen LogP contribution in [-0.2, 0) is 11.4 Å². The number of aromatic nitrogens is 1. The summed E-state index contributed by atoms with van der Waals surface area (Å²) in [5, 5.41) is 0. The van der Waals surface area contributed by atoms with Crippen molar-refractivity contribution < 1.29 is 4.55 Å². The summed E-state index contributed by atoms with van der Waals surface area (Å²) in [6, 6.07) is 1.88. The largest absolute Gasteiger partial charge is 0.591 e. The third-order valence-electron chi connectivity index (χ3n) is 1.48. The molecule has 78 valence electrons. The van der Waals surface area contributed by atoms with Crippen molar-refractivity contribution in [3.05, 3.63) is 22.4 Å². The van der Waals surface area contributed by atoms with E-state index >= 15 is 0 Å². The fraction of sp³-hybridized carbons (Fsp3) is 0.444. The van der Waals surface area contributed by atoms with E-state index in [-0.39, 0.29) is 4.75 Å². The van der Waals surface area contributed by atoms with E-state index < -0.39 is 11.4 Å². The minimum absolute atomic E-state index is 0.305. The van der Waals surface area contributed by atoms with Crippen molar-refractivity contribution in [3.63, 3.8) is 0 Å². The number of halogens is 1. The first-order valence-electron chi connectivity index (χ1n) is 4.19. The van der Waals surface area contributed by atoms with Gasteiger partial charge in [0.2, 0.25) is 0 Å². The molecule has 1 aromatic heterocycles. The molecular formula is C9H13BrN2OS. The number of hydrogen-bond donors (Lipinski definition) is 1. The van der Waals surface area contributed by atoms with Crippen LogP contribution in [0.25, 0.3) is 0 Å². The van der Waals surface area contributed by atoms with Crippen LogP contribution in [0.5, 0.6) is 0 Å². The van der Waals surface area contributed by atoms with Crippen LogP contribution in [0.1, 0.15) is 26.5 Å². The number of H-pyrrole nitrogens is 1. The summed E-state index contributed by atoms with van der Waals surface area (Å²) in [6.45, 7) is 5.68. The van der Waals surface area contributed by atoms with Crippen LogP contribution in [0.15, 0.2) is 21.1 Å². The summed E-state index contributed by atoms with van der Waals surface area (Å²) in [5.41, 5.74) is 0.842. The number of nitrogens with zero attached hydrogens (tertiary/aromatic N) is 1. The Hall–Kier alpha value is -0.260. The predicted molar refractivity (Wildman–Crippen MR) is 64.0 cm³/mol. The van der Waals surface area contributed by atoms with Crippen LogP contribution in [0.4, 0.5) is 0 Å². The molecule has 1 N–H and O–H groups in total. The zero-order valence-electron chi connectivity index (χ0n) is 8.37. The fourth-order valence-corrected chi connectivity index (χ4v) is 1.61. The zero-order chi connectivity index (χ0) is 10.8. The Morgan fingerprint density at radius 1 is 1.57 bits per heavy atom. The molecule has 1 atom stereocenters. The van der Waals surface area contributed by atoms with Gasteiger partial charge >= 0.3 is 0 Å². The van der Waals surface area contributed by atoms with Crippen LogP contribution in [-0.4, -0.2) is 20.5 Å². The maximum atomic E-state index is 11.5. The predicted octanol–water partition coefficient (Wildman–Crippen LogP) is 2.66. The quantitative estimate of drug-likeness (QED) is 0.655. The van der Waals surface area contributed by atoms with Gasteiger partial charge in [0.25, 0.3) is 0 Å². The van der Waals surface area contributed by atoms with E-state index in [2.05, 4.69) is 25.3 Å². The summed E-state index contributed by atoms with van der Waals surface area (Å²) in [6.07, 6.45) is 3.40. The zero-order valence-corrected chi connectivity index (χ0v) is 10.8. The van der Waals surface area contributed by atoms with Crippen molar-refractivity contribution in [2.24, 2.45) is 4.40 Å². The van der Waals surface area contributed by atoms with Crippen molar-refractivity contribution >= 4 is 33.5 Å². The van der Waals surface area contributed by atoms with Gasteiger partial charge in [0.05, 0.1) is 5.69 Å². The average Bonchev–Trinajstić information content (AvgIpc) is 2.45. The van der Waals surface area contributed by atoms with Gasteiger partial charge in [-0.25, -0.2) is 0 Å². The summed E-state index contributed by atoms with van der Waals surface area (Å²) in [4.78, 5) is 2.98. The summed E-state index contributed by atoms with van der Waals surface area (Å²) >= 11 is 2.12. The molecule has 0 unspecified atom stereocenters. The van der Waals surface area contributed by atoms with Gasteiger partial charge in [0.15, 0.2) is 0 Å². The van der Waals surface area contributed by atoms with Crippen molar-refractivity contribution in [1.29, 1.82) is 0 Å². The number of nitrogens with one attached hydrogen (secondary N) is 1. The second kappa shape index (κ2) is 4.51. The van der Waals surface area contributed by atoms with Gasteiger partial charge in [0.1, 0.15) is 22.3 Å². The van der Waals surface area contributed by atoms with Crippen LogP contribution < -0.4 is 0 Å². The summed E-state index contributed by atoms with van der Waals surface area (Å²) in [5.74, 6) is 0. The van der Waals surface area contributed by atoms with Gasteiger partial charge < -0.3 is 9.54 Å². The van der Waals surface area contributed by atoms with E-state index in [1.54, 1.807) is 12.4 Å². The van der Waals surface area contributed by atoms with Crippen molar-refractivity contribution in [1.82, 2.24) is 4.98 Å². The molecule has 0 bridgehead atoms. The standard InChI is InChI=1S/C9H13BrN2OS/c1-9(2,3)14(13)12-6-8-4-7(10)5-11-8/h4-6,11H,1-3H3/b12-6+/t14-/m1/s1. The lowest BCUT2D eigenvalue weighted by atomic mass is 10.3. The average molecular weight is 277 g/mol. The Morgan fingerprint density at radius 2 is 2.21 bits per heavy atom. The van der Waals surface area contributed by atoms with Gasteiger partial charge in [-0.1, -0.05) is 4.40 Å². The normalized spacial score (nSPS) is 14.9. The molecule has 5 heteroatoms. The highest BCUT2D eigenvalue weighted by molar-refractivity contribution is 9.10. The first-order chi connectivity index (χ1) is 6.39. The molecule has 0 fully saturated rings. The van der Waals surface area contributed by atoms with Crippen molar-refractivity contribution in [2.75, 3.05) is 0 Å². The smallest absolute Gasteiger partial charge is 0.144 e. The molecule has 0 saturated carbocycles. The minimum atomic E-state index is -1.19. The number of rotatable bonds is 2. The molecule has 0 aliphatic rings. The number of aromatic amines is 1. The van der Waals surface area contributed by atoms with E-state index in [1.165, 1.54) is 0 Å². The van der Waals surface area contributed by atoms with Crippen molar-refractivity contribution in [3.8, 4) is 0 Å². The van der Waals surface area contributed by atoms with E-state index in [9.17, 15) is 4.55 Å². The molecule has 0 spiro atoms. The first-order valence-corrected chi connectivity index (χ1v) is 6.09. The van der Waals surface area contributed by atoms with Crippen molar-refractivity contribution in [2.45, 2.75) is 25.5 Å². The Labute approximate surface area is 95.5 Å². The highest BCUT2D eigenvalue weighted by Crippen LogP contribution is 2.17. The van der Waals surface area contributed by atoms with Gasteiger partial charge in [-0.2, -0.15) is 0 Å². The Bertz CT molecular complexity index is 330. The van der Waals surface area contributed by atoms with Gasteiger partial charge in [-0.3, -0.25) is 0 Å². The third-order valence-corrected chi connectivity index (χ3v) is 3.28. The summed E-state index contributed by atoms with van der Waals surface area (Å²) < 4.78 is 16.2. The number of hydrogen-bond acceptors (Lipinski definition) is 2. The van der Waals surface area contributed by atoms with Crippen LogP contribution in [0.3, 0.4) is 0 Å². The minimum Gasteiger partial charge on any atom is -0.591 e. The summed E-state index contributed by atoms with van der Waals surface area (Å²) in [7, 11) is 0. The van der Waals surface area contributed by atoms with Crippen LogP contribution in [0, 0.1) is 0 Å². The maximum Gasteiger partial charge on any atom is 0.144 e. The van der Waals surface area contributed by atoms with Crippen LogP contribution in [0.2, 0.25) is 0 Å². The Kier molecular flexibility index (Phi) is 3.80. The van der Waals surface area contributed by atoms with E-state index in [1.807, 2.05) is 26.8 Å². The molecule has 0 amide bonds. The van der Waals surface area contributed by atoms with Gasteiger partial charge in [-0.15, -0.1) is 0 Å². The van der Waals surface area contributed by atoms with E-state index in [0.717, 1.165) is 10.2 Å². The topological polar surface area (TPSA) is 51.2 Å². The SMILES string of the molecule is CC(C)(C)[S@@+]([O-])/N=C/c1cc(Br)c[nH]1. The molecule has 1 heterocycles.